The Morgan fingerprint density at radius 1 is 1.09 bits per heavy atom. The van der Waals surface area contributed by atoms with Crippen LogP contribution in [0.25, 0.3) is 39.4 Å². The summed E-state index contributed by atoms with van der Waals surface area (Å²) < 4.78 is 19.2. The van der Waals surface area contributed by atoms with Crippen molar-refractivity contribution in [3.63, 3.8) is 0 Å². The van der Waals surface area contributed by atoms with E-state index in [1.54, 1.807) is 12.4 Å². The van der Waals surface area contributed by atoms with Crippen LogP contribution in [0.5, 0.6) is 0 Å². The molecule has 1 fully saturated rings. The highest BCUT2D eigenvalue weighted by molar-refractivity contribution is 5.93. The number of hydrogen-bond acceptors (Lipinski definition) is 7. The molecule has 0 bridgehead atoms. The van der Waals surface area contributed by atoms with Gasteiger partial charge in [0, 0.05) is 36.4 Å². The van der Waals surface area contributed by atoms with Crippen LogP contribution in [0.4, 0.5) is 10.2 Å². The van der Waals surface area contributed by atoms with Gasteiger partial charge < -0.3 is 19.9 Å². The molecular weight excluding hydrogens is 411 g/mol. The molecule has 0 spiro atoms. The summed E-state index contributed by atoms with van der Waals surface area (Å²) in [4.78, 5) is 18.8. The van der Waals surface area contributed by atoms with Crippen LogP contribution < -0.4 is 5.32 Å². The minimum atomic E-state index is -0.409. The molecule has 4 aromatic rings. The summed E-state index contributed by atoms with van der Waals surface area (Å²) in [6, 6.07) is 3.27. The van der Waals surface area contributed by atoms with E-state index >= 15 is 0 Å². The number of imidazole rings is 1. The molecule has 0 aromatic carbocycles. The van der Waals surface area contributed by atoms with Crippen LogP contribution in [0.15, 0.2) is 49.1 Å². The van der Waals surface area contributed by atoms with Gasteiger partial charge in [0.1, 0.15) is 17.2 Å². The van der Waals surface area contributed by atoms with Gasteiger partial charge in [-0.1, -0.05) is 0 Å². The van der Waals surface area contributed by atoms with E-state index in [1.807, 2.05) is 18.3 Å². The molecule has 2 aliphatic rings. The number of aromatic amines is 2. The first-order valence-corrected chi connectivity index (χ1v) is 10.3. The molecule has 3 N–H and O–H groups in total. The molecule has 1 saturated heterocycles. The summed E-state index contributed by atoms with van der Waals surface area (Å²) in [5, 5.41) is 11.5. The van der Waals surface area contributed by atoms with E-state index in [1.165, 1.54) is 12.3 Å². The Bertz CT molecular complexity index is 1370. The monoisotopic (exact) mass is 430 g/mol. The molecular formula is C22H19FN8O. The molecule has 6 heterocycles. The highest BCUT2D eigenvalue weighted by atomic mass is 19.1. The Kier molecular flexibility index (Phi) is 4.43. The standard InChI is InChI=1S/C22H19FN8O/c23-14-8-13(10-24-11-14)16-9-15-17(12-26-16)29-30-19(15)22-27-20-18(31-4-6-32-7-5-31)2-1-3-25-21(20)28-22/h1-3,8-12,25H,4-7H2,(H,27,28)(H,29,30). The Morgan fingerprint density at radius 3 is 2.88 bits per heavy atom. The second kappa shape index (κ2) is 7.57. The fourth-order valence-electron chi connectivity index (χ4n) is 4.00. The zero-order chi connectivity index (χ0) is 21.5. The first kappa shape index (κ1) is 18.7. The number of nitrogens with one attached hydrogen (secondary N) is 3. The maximum absolute atomic E-state index is 13.7. The second-order valence-corrected chi connectivity index (χ2v) is 7.54. The van der Waals surface area contributed by atoms with Crippen molar-refractivity contribution in [2.75, 3.05) is 31.6 Å². The lowest BCUT2D eigenvalue weighted by Crippen LogP contribution is -2.35. The molecule has 9 nitrogen and oxygen atoms in total. The van der Waals surface area contributed by atoms with E-state index < -0.39 is 5.82 Å². The zero-order valence-corrected chi connectivity index (χ0v) is 17.0. The van der Waals surface area contributed by atoms with E-state index in [0.29, 0.717) is 36.0 Å². The average molecular weight is 430 g/mol. The fourth-order valence-corrected chi connectivity index (χ4v) is 4.00. The number of H-pyrrole nitrogens is 2. The van der Waals surface area contributed by atoms with Gasteiger partial charge in [0.05, 0.1) is 42.5 Å². The Balaban J connectivity index is 1.43. The van der Waals surface area contributed by atoms with Gasteiger partial charge in [-0.25, -0.2) is 9.37 Å². The largest absolute Gasteiger partial charge is 0.378 e. The number of allylic oxidation sites excluding steroid dienone is 2. The lowest BCUT2D eigenvalue weighted by Gasteiger charge is -2.30. The van der Waals surface area contributed by atoms with Crippen molar-refractivity contribution in [3.8, 4) is 22.8 Å². The third kappa shape index (κ3) is 3.21. The van der Waals surface area contributed by atoms with E-state index in [9.17, 15) is 4.39 Å². The predicted octanol–water partition coefficient (Wildman–Crippen LogP) is 3.16. The topological polar surface area (TPSA) is 108 Å². The van der Waals surface area contributed by atoms with Crippen LogP contribution in [-0.4, -0.2) is 61.3 Å². The van der Waals surface area contributed by atoms with Crippen molar-refractivity contribution in [3.05, 3.63) is 60.6 Å². The van der Waals surface area contributed by atoms with Crippen LogP contribution in [0, 0.1) is 5.82 Å². The van der Waals surface area contributed by atoms with Gasteiger partial charge in [-0.3, -0.25) is 15.1 Å². The molecule has 10 heteroatoms. The molecule has 0 unspecified atom stereocenters. The molecule has 2 aliphatic heterocycles. The molecule has 0 amide bonds. The van der Waals surface area contributed by atoms with E-state index in [2.05, 4.69) is 41.4 Å². The van der Waals surface area contributed by atoms with Crippen molar-refractivity contribution in [1.82, 2.24) is 35.0 Å². The van der Waals surface area contributed by atoms with Gasteiger partial charge in [0.15, 0.2) is 11.6 Å². The summed E-state index contributed by atoms with van der Waals surface area (Å²) in [6.07, 6.45) is 10.3. The maximum Gasteiger partial charge on any atom is 0.161 e. The highest BCUT2D eigenvalue weighted by Gasteiger charge is 2.23. The van der Waals surface area contributed by atoms with Crippen molar-refractivity contribution in [2.45, 2.75) is 0 Å². The molecule has 4 aromatic heterocycles. The summed E-state index contributed by atoms with van der Waals surface area (Å²) in [5.74, 6) is 0.942. The van der Waals surface area contributed by atoms with Crippen LogP contribution >= 0.6 is 0 Å². The first-order valence-electron chi connectivity index (χ1n) is 10.3. The van der Waals surface area contributed by atoms with Crippen molar-refractivity contribution in [1.29, 1.82) is 0 Å². The number of fused-ring (bicyclic) bond motifs is 2. The van der Waals surface area contributed by atoms with E-state index in [0.717, 1.165) is 41.2 Å². The molecule has 6 rings (SSSR count). The number of aromatic nitrogens is 6. The quantitative estimate of drug-likeness (QED) is 0.458. The Hall–Kier alpha value is -4.05. The van der Waals surface area contributed by atoms with Crippen LogP contribution in [-0.2, 0) is 4.74 Å². The molecule has 0 atom stereocenters. The van der Waals surface area contributed by atoms with Gasteiger partial charge in [0.25, 0.3) is 0 Å². The van der Waals surface area contributed by atoms with Crippen molar-refractivity contribution in [2.24, 2.45) is 0 Å². The van der Waals surface area contributed by atoms with E-state index in [4.69, 9.17) is 9.72 Å². The number of rotatable bonds is 3. The number of morpholine rings is 1. The van der Waals surface area contributed by atoms with Crippen molar-refractivity contribution >= 4 is 22.4 Å². The first-order chi connectivity index (χ1) is 15.8. The molecule has 0 radical (unpaired) electrons. The summed E-state index contributed by atoms with van der Waals surface area (Å²) >= 11 is 0. The van der Waals surface area contributed by atoms with Gasteiger partial charge in [-0.05, 0) is 24.3 Å². The van der Waals surface area contributed by atoms with Crippen LogP contribution in [0.1, 0.15) is 5.69 Å². The molecule has 32 heavy (non-hydrogen) atoms. The molecule has 160 valence electrons. The van der Waals surface area contributed by atoms with Gasteiger partial charge in [0.2, 0.25) is 0 Å². The minimum absolute atomic E-state index is 0.409. The lowest BCUT2D eigenvalue weighted by atomic mass is 10.1. The van der Waals surface area contributed by atoms with Crippen molar-refractivity contribution < 1.29 is 9.13 Å². The fraction of sp³-hybridized carbons (Fsp3) is 0.182. The number of anilines is 1. The van der Waals surface area contributed by atoms with Crippen LogP contribution in [0.3, 0.4) is 0 Å². The lowest BCUT2D eigenvalue weighted by molar-refractivity contribution is 0.0639. The number of hydrogen-bond donors (Lipinski definition) is 3. The van der Waals surface area contributed by atoms with Gasteiger partial charge in [-0.2, -0.15) is 5.10 Å². The minimum Gasteiger partial charge on any atom is -0.378 e. The second-order valence-electron chi connectivity index (χ2n) is 7.54. The molecule has 0 saturated carbocycles. The summed E-state index contributed by atoms with van der Waals surface area (Å²) in [5.41, 5.74) is 4.57. The number of halogens is 1. The normalized spacial score (nSPS) is 15.9. The third-order valence-corrected chi connectivity index (χ3v) is 5.55. The van der Waals surface area contributed by atoms with Gasteiger partial charge >= 0.3 is 0 Å². The summed E-state index contributed by atoms with van der Waals surface area (Å²) in [6.45, 7) is 3.02. The predicted molar refractivity (Wildman–Crippen MR) is 118 cm³/mol. The number of ether oxygens (including phenoxy) is 1. The van der Waals surface area contributed by atoms with E-state index in [-0.39, 0.29) is 0 Å². The number of pyridine rings is 2. The number of nitrogens with zero attached hydrogens (tertiary/aromatic N) is 5. The zero-order valence-electron chi connectivity index (χ0n) is 17.0. The SMILES string of the molecule is Fc1cncc(-c2cc3c(-c4nc5c([nH]4)C(N4CCOCC4)=CC=CN5)n[nH]c3cn2)c1. The van der Waals surface area contributed by atoms with Crippen LogP contribution in [0.2, 0.25) is 0 Å². The summed E-state index contributed by atoms with van der Waals surface area (Å²) in [7, 11) is 0. The van der Waals surface area contributed by atoms with Gasteiger partial charge in [-0.15, -0.1) is 0 Å². The highest BCUT2D eigenvalue weighted by Crippen LogP contribution is 2.33. The average Bonchev–Trinajstić information content (AvgIpc) is 3.38. The third-order valence-electron chi connectivity index (χ3n) is 5.55. The molecule has 0 aliphatic carbocycles. The Morgan fingerprint density at radius 2 is 2.00 bits per heavy atom. The Labute approximate surface area is 182 Å². The maximum atomic E-state index is 13.7. The smallest absolute Gasteiger partial charge is 0.161 e.